The summed E-state index contributed by atoms with van der Waals surface area (Å²) >= 11 is 0. The van der Waals surface area contributed by atoms with Crippen LogP contribution in [0, 0.1) is 36.5 Å². The van der Waals surface area contributed by atoms with Gasteiger partial charge in [-0.3, -0.25) is 9.82 Å². The molecule has 7 nitrogen and oxygen atoms in total. The van der Waals surface area contributed by atoms with Crippen LogP contribution in [0.5, 0.6) is 0 Å². The van der Waals surface area contributed by atoms with E-state index in [1.165, 1.54) is 18.2 Å². The molecule has 0 amide bonds. The molecule has 0 bridgehead atoms. The summed E-state index contributed by atoms with van der Waals surface area (Å²) in [5.74, 6) is 0. The first-order valence-electron chi connectivity index (χ1n) is 5.87. The summed E-state index contributed by atoms with van der Waals surface area (Å²) in [4.78, 5) is 0.0744. The smallest absolute Gasteiger partial charge is 0.265 e. The Balaban J connectivity index is 2.44. The lowest BCUT2D eigenvalue weighted by molar-refractivity contribution is 0.600. The molecular weight excluding hydrogens is 290 g/mol. The maximum atomic E-state index is 12.3. The number of aryl methyl sites for hydroxylation is 2. The maximum Gasteiger partial charge on any atom is 0.265 e. The number of nitriles is 2. The molecule has 0 spiro atoms. The molecule has 1 aromatic heterocycles. The van der Waals surface area contributed by atoms with E-state index in [0.29, 0.717) is 11.4 Å². The summed E-state index contributed by atoms with van der Waals surface area (Å²) in [6, 6.07) is 7.87. The van der Waals surface area contributed by atoms with Crippen molar-refractivity contribution in [3.05, 3.63) is 40.7 Å². The van der Waals surface area contributed by atoms with Gasteiger partial charge in [-0.1, -0.05) is 0 Å². The van der Waals surface area contributed by atoms with E-state index in [9.17, 15) is 8.42 Å². The number of aromatic amines is 1. The van der Waals surface area contributed by atoms with Crippen molar-refractivity contribution in [2.45, 2.75) is 18.7 Å². The fraction of sp³-hybridized carbons (Fsp3) is 0.154. The van der Waals surface area contributed by atoms with Crippen molar-refractivity contribution in [2.24, 2.45) is 0 Å². The van der Waals surface area contributed by atoms with Crippen molar-refractivity contribution in [1.29, 1.82) is 10.5 Å². The number of aromatic nitrogens is 2. The third-order valence-electron chi connectivity index (χ3n) is 2.84. The third-order valence-corrected chi connectivity index (χ3v) is 4.49. The molecule has 0 saturated carbocycles. The van der Waals surface area contributed by atoms with Crippen LogP contribution >= 0.6 is 0 Å². The predicted molar refractivity (Wildman–Crippen MR) is 74.7 cm³/mol. The van der Waals surface area contributed by atoms with Crippen LogP contribution in [0.2, 0.25) is 0 Å². The molecule has 2 N–H and O–H groups in total. The van der Waals surface area contributed by atoms with Crippen molar-refractivity contribution in [3.63, 3.8) is 0 Å². The molecule has 0 unspecified atom stereocenters. The van der Waals surface area contributed by atoms with Gasteiger partial charge in [0.25, 0.3) is 10.0 Å². The van der Waals surface area contributed by atoms with Gasteiger partial charge in [0, 0.05) is 0 Å². The molecule has 0 aliphatic rings. The number of sulfonamides is 1. The van der Waals surface area contributed by atoms with Crippen LogP contribution in [0.1, 0.15) is 22.5 Å². The van der Waals surface area contributed by atoms with E-state index >= 15 is 0 Å². The number of nitrogens with zero attached hydrogens (tertiary/aromatic N) is 3. The zero-order valence-corrected chi connectivity index (χ0v) is 12.1. The van der Waals surface area contributed by atoms with Gasteiger partial charge in [-0.15, -0.1) is 0 Å². The molecule has 0 atom stereocenters. The van der Waals surface area contributed by atoms with E-state index in [0.717, 1.165) is 0 Å². The van der Waals surface area contributed by atoms with Crippen LogP contribution in [-0.2, 0) is 10.0 Å². The fourth-order valence-electron chi connectivity index (χ4n) is 1.94. The van der Waals surface area contributed by atoms with Crippen LogP contribution in [0.3, 0.4) is 0 Å². The summed E-state index contributed by atoms with van der Waals surface area (Å²) in [6.07, 6.45) is 0. The van der Waals surface area contributed by atoms with E-state index in [1.54, 1.807) is 13.8 Å². The largest absolute Gasteiger partial charge is 0.281 e. The second kappa shape index (κ2) is 5.27. The van der Waals surface area contributed by atoms with Gasteiger partial charge in [-0.2, -0.15) is 15.6 Å². The number of anilines is 1. The Bertz CT molecular complexity index is 865. The van der Waals surface area contributed by atoms with Crippen LogP contribution in [0.4, 0.5) is 5.69 Å². The fourth-order valence-corrected chi connectivity index (χ4v) is 3.36. The molecule has 2 rings (SSSR count). The highest BCUT2D eigenvalue weighted by atomic mass is 32.2. The summed E-state index contributed by atoms with van der Waals surface area (Å²) in [7, 11) is -3.81. The molecular formula is C13H11N5O2S. The average molecular weight is 301 g/mol. The number of hydrogen-bond acceptors (Lipinski definition) is 5. The number of H-pyrrole nitrogens is 1. The Morgan fingerprint density at radius 3 is 2.38 bits per heavy atom. The molecule has 21 heavy (non-hydrogen) atoms. The molecule has 2 aromatic rings. The van der Waals surface area contributed by atoms with E-state index < -0.39 is 10.0 Å². The van der Waals surface area contributed by atoms with Gasteiger partial charge in [-0.25, -0.2) is 8.42 Å². The predicted octanol–water partition coefficient (Wildman–Crippen LogP) is 1.57. The number of hydrogen-bond donors (Lipinski definition) is 2. The molecule has 8 heteroatoms. The first-order chi connectivity index (χ1) is 9.89. The maximum absolute atomic E-state index is 12.3. The standard InChI is InChI=1S/C13H11N5O2S/c1-8-13(9(2)17-16-8)21(19,20)18-12-4-3-10(6-14)11(5-12)7-15/h3-5,18H,1-2H3,(H,16,17). The first-order valence-corrected chi connectivity index (χ1v) is 7.36. The molecule has 0 aliphatic heterocycles. The summed E-state index contributed by atoms with van der Waals surface area (Å²) in [6.45, 7) is 3.19. The topological polar surface area (TPSA) is 122 Å². The summed E-state index contributed by atoms with van der Waals surface area (Å²) < 4.78 is 27.1. The Kier molecular flexibility index (Phi) is 3.66. The SMILES string of the molecule is Cc1n[nH]c(C)c1S(=O)(=O)Nc1ccc(C#N)c(C#N)c1. The van der Waals surface area contributed by atoms with Crippen molar-refractivity contribution < 1.29 is 8.42 Å². The Morgan fingerprint density at radius 1 is 1.19 bits per heavy atom. The van der Waals surface area contributed by atoms with Crippen LogP contribution < -0.4 is 4.72 Å². The molecule has 1 aromatic carbocycles. The second-order valence-electron chi connectivity index (χ2n) is 4.35. The van der Waals surface area contributed by atoms with E-state index in [2.05, 4.69) is 14.9 Å². The quantitative estimate of drug-likeness (QED) is 0.890. The lowest BCUT2D eigenvalue weighted by atomic mass is 10.1. The van der Waals surface area contributed by atoms with Crippen LogP contribution in [-0.4, -0.2) is 18.6 Å². The minimum absolute atomic E-state index is 0.0744. The lowest BCUT2D eigenvalue weighted by Gasteiger charge is -2.08. The first kappa shape index (κ1) is 14.6. The molecule has 0 fully saturated rings. The van der Waals surface area contributed by atoms with Gasteiger partial charge in [0.05, 0.1) is 28.2 Å². The van der Waals surface area contributed by atoms with Crippen molar-refractivity contribution >= 4 is 15.7 Å². The zero-order chi connectivity index (χ0) is 15.6. The normalized spacial score (nSPS) is 10.7. The second-order valence-corrected chi connectivity index (χ2v) is 5.97. The molecule has 1 heterocycles. The number of rotatable bonds is 3. The average Bonchev–Trinajstić information content (AvgIpc) is 2.78. The molecule has 0 radical (unpaired) electrons. The minimum Gasteiger partial charge on any atom is -0.281 e. The molecule has 106 valence electrons. The van der Waals surface area contributed by atoms with Crippen molar-refractivity contribution in [3.8, 4) is 12.1 Å². The Hall–Kier alpha value is -2.84. The van der Waals surface area contributed by atoms with Gasteiger partial charge in [0.15, 0.2) is 0 Å². The highest BCUT2D eigenvalue weighted by Gasteiger charge is 2.22. The molecule has 0 aliphatic carbocycles. The monoisotopic (exact) mass is 301 g/mol. The lowest BCUT2D eigenvalue weighted by Crippen LogP contribution is -2.14. The number of benzene rings is 1. The number of nitrogens with one attached hydrogen (secondary N) is 2. The van der Waals surface area contributed by atoms with E-state index in [-0.39, 0.29) is 21.7 Å². The van der Waals surface area contributed by atoms with Gasteiger partial charge in [0.2, 0.25) is 0 Å². The third kappa shape index (κ3) is 2.71. The Labute approximate surface area is 121 Å². The molecule has 0 saturated heterocycles. The van der Waals surface area contributed by atoms with Crippen LogP contribution in [0.15, 0.2) is 23.1 Å². The van der Waals surface area contributed by atoms with E-state index in [4.69, 9.17) is 10.5 Å². The van der Waals surface area contributed by atoms with Gasteiger partial charge in [0.1, 0.15) is 17.0 Å². The van der Waals surface area contributed by atoms with Gasteiger partial charge >= 0.3 is 0 Å². The Morgan fingerprint density at radius 2 is 1.86 bits per heavy atom. The van der Waals surface area contributed by atoms with Crippen molar-refractivity contribution in [2.75, 3.05) is 4.72 Å². The highest BCUT2D eigenvalue weighted by molar-refractivity contribution is 7.92. The highest BCUT2D eigenvalue weighted by Crippen LogP contribution is 2.22. The van der Waals surface area contributed by atoms with E-state index in [1.807, 2.05) is 12.1 Å². The van der Waals surface area contributed by atoms with Gasteiger partial charge < -0.3 is 0 Å². The minimum atomic E-state index is -3.81. The summed E-state index contributed by atoms with van der Waals surface area (Å²) in [5, 5.41) is 24.2. The zero-order valence-electron chi connectivity index (χ0n) is 11.3. The van der Waals surface area contributed by atoms with Crippen LogP contribution in [0.25, 0.3) is 0 Å². The van der Waals surface area contributed by atoms with Gasteiger partial charge in [-0.05, 0) is 32.0 Å². The van der Waals surface area contributed by atoms with Crippen molar-refractivity contribution in [1.82, 2.24) is 10.2 Å². The summed E-state index contributed by atoms with van der Waals surface area (Å²) in [5.41, 5.74) is 1.29.